The van der Waals surface area contributed by atoms with Crippen LogP contribution in [-0.2, 0) is 0 Å². The van der Waals surface area contributed by atoms with Crippen molar-refractivity contribution in [2.75, 3.05) is 0 Å². The number of phenols is 1. The zero-order valence-electron chi connectivity index (χ0n) is 13.5. The van der Waals surface area contributed by atoms with Crippen molar-refractivity contribution in [2.45, 2.75) is 0 Å². The number of hydrogen-bond acceptors (Lipinski definition) is 2. The Bertz CT molecular complexity index is 1120. The number of ketones is 1. The van der Waals surface area contributed by atoms with Crippen LogP contribution in [0.4, 0.5) is 0 Å². The molecule has 0 aliphatic heterocycles. The van der Waals surface area contributed by atoms with Gasteiger partial charge >= 0.3 is 0 Å². The summed E-state index contributed by atoms with van der Waals surface area (Å²) in [6, 6.07) is 25.1. The minimum Gasteiger partial charge on any atom is -0.507 e. The van der Waals surface area contributed by atoms with Crippen molar-refractivity contribution in [2.24, 2.45) is 0 Å². The van der Waals surface area contributed by atoms with Crippen LogP contribution >= 0.6 is 0 Å². The molecule has 2 heteroatoms. The third kappa shape index (κ3) is 2.90. The van der Waals surface area contributed by atoms with Crippen molar-refractivity contribution in [3.63, 3.8) is 0 Å². The largest absolute Gasteiger partial charge is 0.507 e. The van der Waals surface area contributed by atoms with E-state index in [1.54, 1.807) is 12.1 Å². The molecule has 0 atom stereocenters. The predicted octanol–water partition coefficient (Wildman–Crippen LogP) is 5.59. The summed E-state index contributed by atoms with van der Waals surface area (Å²) in [5.41, 5.74) is 1.29. The molecule has 0 heterocycles. The van der Waals surface area contributed by atoms with E-state index < -0.39 is 0 Å². The van der Waals surface area contributed by atoms with Gasteiger partial charge in [-0.25, -0.2) is 0 Å². The van der Waals surface area contributed by atoms with Crippen LogP contribution in [-0.4, -0.2) is 10.9 Å². The lowest BCUT2D eigenvalue weighted by Gasteiger charge is -2.06. The minimum absolute atomic E-state index is 0.00635. The third-order valence-corrected chi connectivity index (χ3v) is 4.35. The Kier molecular flexibility index (Phi) is 3.79. The summed E-state index contributed by atoms with van der Waals surface area (Å²) in [5, 5.41) is 14.1. The predicted molar refractivity (Wildman–Crippen MR) is 103 cm³/mol. The molecule has 4 aromatic rings. The molecule has 0 fully saturated rings. The Hall–Kier alpha value is -3.39. The van der Waals surface area contributed by atoms with E-state index in [2.05, 4.69) is 6.07 Å². The molecular formula is C23H16O2. The Morgan fingerprint density at radius 2 is 1.44 bits per heavy atom. The van der Waals surface area contributed by atoms with Crippen LogP contribution in [0.1, 0.15) is 15.9 Å². The number of aromatic hydroxyl groups is 1. The van der Waals surface area contributed by atoms with Gasteiger partial charge in [0.25, 0.3) is 0 Å². The topological polar surface area (TPSA) is 37.3 Å². The van der Waals surface area contributed by atoms with Gasteiger partial charge in [-0.1, -0.05) is 72.8 Å². The lowest BCUT2D eigenvalue weighted by Crippen LogP contribution is -1.96. The second-order valence-electron chi connectivity index (χ2n) is 5.98. The molecule has 0 unspecified atom stereocenters. The van der Waals surface area contributed by atoms with Crippen molar-refractivity contribution in [3.05, 3.63) is 96.1 Å². The number of allylic oxidation sites excluding steroid dienone is 1. The van der Waals surface area contributed by atoms with Crippen molar-refractivity contribution in [1.82, 2.24) is 0 Å². The van der Waals surface area contributed by atoms with Gasteiger partial charge in [-0.2, -0.15) is 0 Å². The highest BCUT2D eigenvalue weighted by Gasteiger charge is 2.12. The van der Waals surface area contributed by atoms with E-state index >= 15 is 0 Å². The number of benzene rings is 4. The Balaban J connectivity index is 1.72. The Morgan fingerprint density at radius 1 is 0.760 bits per heavy atom. The lowest BCUT2D eigenvalue weighted by atomic mass is 9.99. The SMILES string of the molecule is O=C(/C=C/c1ccc2ccccc2c1)c1c(O)ccc2ccccc12. The fourth-order valence-corrected chi connectivity index (χ4v) is 3.09. The molecule has 0 saturated carbocycles. The molecule has 0 amide bonds. The minimum atomic E-state index is -0.206. The second kappa shape index (κ2) is 6.25. The lowest BCUT2D eigenvalue weighted by molar-refractivity contribution is 0.104. The summed E-state index contributed by atoms with van der Waals surface area (Å²) in [6.45, 7) is 0. The number of fused-ring (bicyclic) bond motifs is 2. The van der Waals surface area contributed by atoms with Gasteiger partial charge in [0.2, 0.25) is 0 Å². The van der Waals surface area contributed by atoms with E-state index in [1.165, 1.54) is 6.08 Å². The molecule has 25 heavy (non-hydrogen) atoms. The van der Waals surface area contributed by atoms with Gasteiger partial charge in [-0.15, -0.1) is 0 Å². The monoisotopic (exact) mass is 324 g/mol. The summed E-state index contributed by atoms with van der Waals surface area (Å²) in [5.74, 6) is -0.200. The summed E-state index contributed by atoms with van der Waals surface area (Å²) in [6.07, 6.45) is 3.31. The van der Waals surface area contributed by atoms with E-state index in [4.69, 9.17) is 0 Å². The number of carbonyl (C=O) groups excluding carboxylic acids is 1. The average molecular weight is 324 g/mol. The van der Waals surface area contributed by atoms with Gasteiger partial charge in [0.15, 0.2) is 5.78 Å². The van der Waals surface area contributed by atoms with E-state index in [0.29, 0.717) is 5.56 Å². The van der Waals surface area contributed by atoms with E-state index in [-0.39, 0.29) is 11.5 Å². The van der Waals surface area contributed by atoms with E-state index in [9.17, 15) is 9.90 Å². The molecule has 0 aromatic heterocycles. The Labute approximate surface area is 145 Å². The normalized spacial score (nSPS) is 11.4. The van der Waals surface area contributed by atoms with Crippen LogP contribution in [0.25, 0.3) is 27.6 Å². The molecule has 0 bridgehead atoms. The van der Waals surface area contributed by atoms with Gasteiger partial charge < -0.3 is 5.11 Å². The average Bonchev–Trinajstić information content (AvgIpc) is 2.66. The summed E-state index contributed by atoms with van der Waals surface area (Å²) >= 11 is 0. The van der Waals surface area contributed by atoms with Crippen molar-refractivity contribution in [3.8, 4) is 5.75 Å². The molecule has 120 valence electrons. The van der Waals surface area contributed by atoms with Gasteiger partial charge in [0.05, 0.1) is 5.56 Å². The maximum atomic E-state index is 12.7. The molecule has 0 radical (unpaired) electrons. The maximum absolute atomic E-state index is 12.7. The third-order valence-electron chi connectivity index (χ3n) is 4.35. The first-order valence-electron chi connectivity index (χ1n) is 8.14. The van der Waals surface area contributed by atoms with Gasteiger partial charge in [0, 0.05) is 0 Å². The van der Waals surface area contributed by atoms with Crippen LogP contribution < -0.4 is 0 Å². The maximum Gasteiger partial charge on any atom is 0.190 e. The van der Waals surface area contributed by atoms with Crippen LogP contribution in [0, 0.1) is 0 Å². The number of carbonyl (C=O) groups is 1. The van der Waals surface area contributed by atoms with Crippen molar-refractivity contribution in [1.29, 1.82) is 0 Å². The molecule has 4 aromatic carbocycles. The number of rotatable bonds is 3. The quantitative estimate of drug-likeness (QED) is 0.394. The van der Waals surface area contributed by atoms with Gasteiger partial charge in [0.1, 0.15) is 5.75 Å². The molecule has 1 N–H and O–H groups in total. The van der Waals surface area contributed by atoms with Crippen LogP contribution in [0.5, 0.6) is 5.75 Å². The Morgan fingerprint density at radius 3 is 2.28 bits per heavy atom. The van der Waals surface area contributed by atoms with Crippen molar-refractivity contribution < 1.29 is 9.90 Å². The fourth-order valence-electron chi connectivity index (χ4n) is 3.09. The highest BCUT2D eigenvalue weighted by atomic mass is 16.3. The standard InChI is InChI=1S/C23H16O2/c24-21(23-20-8-4-3-6-18(20)12-14-22(23)25)13-10-16-9-11-17-5-1-2-7-19(17)15-16/h1-15,25H/b13-10+. The van der Waals surface area contributed by atoms with Crippen molar-refractivity contribution >= 4 is 33.4 Å². The first-order valence-corrected chi connectivity index (χ1v) is 8.14. The highest BCUT2D eigenvalue weighted by molar-refractivity contribution is 6.16. The van der Waals surface area contributed by atoms with Crippen LogP contribution in [0.15, 0.2) is 84.9 Å². The first kappa shape index (κ1) is 15.2. The summed E-state index contributed by atoms with van der Waals surface area (Å²) in [4.78, 5) is 12.7. The fraction of sp³-hybridized carbons (Fsp3) is 0. The summed E-state index contributed by atoms with van der Waals surface area (Å²) < 4.78 is 0. The molecule has 0 aliphatic carbocycles. The van der Waals surface area contributed by atoms with E-state index in [1.807, 2.05) is 66.7 Å². The molecule has 4 rings (SSSR count). The molecule has 2 nitrogen and oxygen atoms in total. The van der Waals surface area contributed by atoms with Crippen LogP contribution in [0.3, 0.4) is 0 Å². The summed E-state index contributed by atoms with van der Waals surface area (Å²) in [7, 11) is 0. The highest BCUT2D eigenvalue weighted by Crippen LogP contribution is 2.28. The first-order chi connectivity index (χ1) is 12.2. The van der Waals surface area contributed by atoms with E-state index in [0.717, 1.165) is 27.1 Å². The zero-order chi connectivity index (χ0) is 17.2. The van der Waals surface area contributed by atoms with Crippen LogP contribution in [0.2, 0.25) is 0 Å². The second-order valence-corrected chi connectivity index (χ2v) is 5.98. The number of hydrogen-bond donors (Lipinski definition) is 1. The molecule has 0 saturated heterocycles. The van der Waals surface area contributed by atoms with Gasteiger partial charge in [-0.3, -0.25) is 4.79 Å². The van der Waals surface area contributed by atoms with Gasteiger partial charge in [-0.05, 0) is 45.3 Å². The molecular weight excluding hydrogens is 308 g/mol. The molecule has 0 aliphatic rings. The smallest absolute Gasteiger partial charge is 0.190 e. The zero-order valence-corrected chi connectivity index (χ0v) is 13.5. The molecule has 0 spiro atoms. The number of phenolic OH excluding ortho intramolecular Hbond substituents is 1.